The molecule has 4 nitrogen and oxygen atoms in total. The summed E-state index contributed by atoms with van der Waals surface area (Å²) < 4.78 is 11.1. The molecule has 126 valence electrons. The first-order chi connectivity index (χ1) is 11.5. The van der Waals surface area contributed by atoms with Gasteiger partial charge >= 0.3 is 0 Å². The molecule has 0 aliphatic carbocycles. The zero-order chi connectivity index (χ0) is 17.1. The molecule has 0 saturated heterocycles. The molecule has 1 atom stereocenters. The molecule has 0 radical (unpaired) electrons. The lowest BCUT2D eigenvalue weighted by Gasteiger charge is -2.21. The number of hydrogen-bond acceptors (Lipinski definition) is 3. The van der Waals surface area contributed by atoms with Gasteiger partial charge in [0.15, 0.2) is 11.5 Å². The van der Waals surface area contributed by atoms with E-state index in [1.165, 1.54) is 0 Å². The van der Waals surface area contributed by atoms with Crippen molar-refractivity contribution >= 4 is 29.1 Å². The Balaban J connectivity index is 1.68. The smallest absolute Gasteiger partial charge is 0.225 e. The van der Waals surface area contributed by atoms with Gasteiger partial charge in [-0.25, -0.2) is 0 Å². The molecule has 1 N–H and O–H groups in total. The summed E-state index contributed by atoms with van der Waals surface area (Å²) >= 11 is 12.2. The molecular weight excluding hydrogens is 349 g/mol. The van der Waals surface area contributed by atoms with Gasteiger partial charge in [-0.1, -0.05) is 35.3 Å². The van der Waals surface area contributed by atoms with E-state index >= 15 is 0 Å². The molecule has 1 heterocycles. The largest absolute Gasteiger partial charge is 0.486 e. The summed E-state index contributed by atoms with van der Waals surface area (Å²) in [5, 5.41) is 3.93. The van der Waals surface area contributed by atoms with Gasteiger partial charge in [-0.05, 0) is 42.3 Å². The predicted octanol–water partition coefficient (Wildman–Crippen LogP) is 4.18. The van der Waals surface area contributed by atoms with Gasteiger partial charge in [0.1, 0.15) is 13.2 Å². The Labute approximate surface area is 150 Å². The lowest BCUT2D eigenvalue weighted by Crippen LogP contribution is -2.28. The average molecular weight is 366 g/mol. The number of rotatable bonds is 4. The number of carbonyl (C=O) groups excluding carboxylic acids is 1. The van der Waals surface area contributed by atoms with E-state index in [0.717, 1.165) is 11.3 Å². The Morgan fingerprint density at radius 1 is 1.12 bits per heavy atom. The summed E-state index contributed by atoms with van der Waals surface area (Å²) in [6, 6.07) is 10.7. The molecule has 0 fully saturated rings. The van der Waals surface area contributed by atoms with E-state index in [4.69, 9.17) is 32.7 Å². The quantitative estimate of drug-likeness (QED) is 0.883. The highest BCUT2D eigenvalue weighted by molar-refractivity contribution is 6.36. The van der Waals surface area contributed by atoms with E-state index in [1.54, 1.807) is 18.2 Å². The lowest BCUT2D eigenvalue weighted by atomic mass is 10.1. The molecule has 0 saturated carbocycles. The highest BCUT2D eigenvalue weighted by Crippen LogP contribution is 2.32. The lowest BCUT2D eigenvalue weighted by molar-refractivity contribution is -0.121. The van der Waals surface area contributed by atoms with Gasteiger partial charge in [0, 0.05) is 10.0 Å². The van der Waals surface area contributed by atoms with Crippen LogP contribution < -0.4 is 14.8 Å². The summed E-state index contributed by atoms with van der Waals surface area (Å²) in [5.41, 5.74) is 1.57. The second kappa shape index (κ2) is 7.32. The minimum atomic E-state index is -0.172. The summed E-state index contributed by atoms with van der Waals surface area (Å²) in [6.07, 6.45) is 0.132. The molecule has 0 unspecified atom stereocenters. The third-order valence-corrected chi connectivity index (χ3v) is 4.55. The Kier molecular flexibility index (Phi) is 5.17. The number of benzene rings is 2. The summed E-state index contributed by atoms with van der Waals surface area (Å²) in [5.74, 6) is 1.28. The normalized spacial score (nSPS) is 14.1. The fourth-order valence-corrected chi connectivity index (χ4v) is 3.10. The Bertz CT molecular complexity index is 744. The van der Waals surface area contributed by atoms with E-state index in [2.05, 4.69) is 5.32 Å². The Morgan fingerprint density at radius 3 is 2.50 bits per heavy atom. The van der Waals surface area contributed by atoms with Crippen LogP contribution in [0.4, 0.5) is 0 Å². The molecule has 1 aliphatic heterocycles. The van der Waals surface area contributed by atoms with E-state index < -0.39 is 0 Å². The molecule has 0 aromatic heterocycles. The van der Waals surface area contributed by atoms with Gasteiger partial charge < -0.3 is 14.8 Å². The van der Waals surface area contributed by atoms with Crippen molar-refractivity contribution in [2.75, 3.05) is 13.2 Å². The van der Waals surface area contributed by atoms with Crippen molar-refractivity contribution in [1.29, 1.82) is 0 Å². The number of halogens is 2. The maximum absolute atomic E-state index is 12.3. The van der Waals surface area contributed by atoms with Crippen LogP contribution in [0.1, 0.15) is 24.1 Å². The maximum Gasteiger partial charge on any atom is 0.225 e. The summed E-state index contributed by atoms with van der Waals surface area (Å²) in [6.45, 7) is 3.00. The SMILES string of the molecule is C[C@H](NC(=O)Cc1c(Cl)cccc1Cl)c1ccc2c(c1)OCCO2. The average Bonchev–Trinajstić information content (AvgIpc) is 2.58. The second-order valence-corrected chi connectivity index (χ2v) is 6.38. The van der Waals surface area contributed by atoms with Crippen LogP contribution >= 0.6 is 23.2 Å². The monoisotopic (exact) mass is 365 g/mol. The molecule has 2 aromatic carbocycles. The van der Waals surface area contributed by atoms with Crippen molar-refractivity contribution in [3.8, 4) is 11.5 Å². The van der Waals surface area contributed by atoms with E-state index in [9.17, 15) is 4.79 Å². The summed E-state index contributed by atoms with van der Waals surface area (Å²) in [4.78, 5) is 12.3. The molecule has 3 rings (SSSR count). The molecule has 1 aliphatic rings. The molecule has 2 aromatic rings. The van der Waals surface area contributed by atoms with Gasteiger partial charge in [0.25, 0.3) is 0 Å². The van der Waals surface area contributed by atoms with Gasteiger partial charge in [-0.15, -0.1) is 0 Å². The standard InChI is InChI=1S/C18H17Cl2NO3/c1-11(12-5-6-16-17(9-12)24-8-7-23-16)21-18(22)10-13-14(19)3-2-4-15(13)20/h2-6,9,11H,7-8,10H2,1H3,(H,21,22)/t11-/m0/s1. The number of ether oxygens (including phenoxy) is 2. The fourth-order valence-electron chi connectivity index (χ4n) is 2.57. The molecular formula is C18H17Cl2NO3. The number of hydrogen-bond donors (Lipinski definition) is 1. The van der Waals surface area contributed by atoms with Gasteiger partial charge in [-0.3, -0.25) is 4.79 Å². The Morgan fingerprint density at radius 2 is 1.79 bits per heavy atom. The predicted molar refractivity (Wildman–Crippen MR) is 94.2 cm³/mol. The third-order valence-electron chi connectivity index (χ3n) is 3.84. The molecule has 0 spiro atoms. The zero-order valence-electron chi connectivity index (χ0n) is 13.1. The molecule has 0 bridgehead atoms. The Hall–Kier alpha value is -1.91. The van der Waals surface area contributed by atoms with Gasteiger partial charge in [0.2, 0.25) is 5.91 Å². The van der Waals surface area contributed by atoms with Crippen LogP contribution in [-0.4, -0.2) is 19.1 Å². The number of nitrogens with one attached hydrogen (secondary N) is 1. The number of amides is 1. The third kappa shape index (κ3) is 3.77. The molecule has 1 amide bonds. The van der Waals surface area contributed by atoms with Crippen LogP contribution in [0.25, 0.3) is 0 Å². The zero-order valence-corrected chi connectivity index (χ0v) is 14.7. The summed E-state index contributed by atoms with van der Waals surface area (Å²) in [7, 11) is 0. The minimum absolute atomic E-state index is 0.132. The van der Waals surface area contributed by atoms with Crippen molar-refractivity contribution in [1.82, 2.24) is 5.32 Å². The topological polar surface area (TPSA) is 47.6 Å². The van der Waals surface area contributed by atoms with Crippen LogP contribution in [0.15, 0.2) is 36.4 Å². The first kappa shape index (κ1) is 16.9. The first-order valence-electron chi connectivity index (χ1n) is 7.66. The number of fused-ring (bicyclic) bond motifs is 1. The molecule has 6 heteroatoms. The highest BCUT2D eigenvalue weighted by atomic mass is 35.5. The van der Waals surface area contributed by atoms with E-state index in [1.807, 2.05) is 25.1 Å². The van der Waals surface area contributed by atoms with E-state index in [0.29, 0.717) is 34.6 Å². The van der Waals surface area contributed by atoms with Crippen molar-refractivity contribution in [2.45, 2.75) is 19.4 Å². The second-order valence-electron chi connectivity index (χ2n) is 5.57. The van der Waals surface area contributed by atoms with Crippen molar-refractivity contribution < 1.29 is 14.3 Å². The van der Waals surface area contributed by atoms with Crippen LogP contribution in [0, 0.1) is 0 Å². The number of carbonyl (C=O) groups is 1. The van der Waals surface area contributed by atoms with Crippen LogP contribution in [0.2, 0.25) is 10.0 Å². The van der Waals surface area contributed by atoms with Crippen molar-refractivity contribution in [3.05, 3.63) is 57.6 Å². The van der Waals surface area contributed by atoms with Gasteiger partial charge in [-0.2, -0.15) is 0 Å². The van der Waals surface area contributed by atoms with Crippen molar-refractivity contribution in [3.63, 3.8) is 0 Å². The van der Waals surface area contributed by atoms with Crippen LogP contribution in [0.3, 0.4) is 0 Å². The van der Waals surface area contributed by atoms with Crippen LogP contribution in [-0.2, 0) is 11.2 Å². The minimum Gasteiger partial charge on any atom is -0.486 e. The van der Waals surface area contributed by atoms with Crippen molar-refractivity contribution in [2.24, 2.45) is 0 Å². The van der Waals surface area contributed by atoms with Crippen LogP contribution in [0.5, 0.6) is 11.5 Å². The van der Waals surface area contributed by atoms with E-state index in [-0.39, 0.29) is 18.4 Å². The fraction of sp³-hybridized carbons (Fsp3) is 0.278. The first-order valence-corrected chi connectivity index (χ1v) is 8.42. The highest BCUT2D eigenvalue weighted by Gasteiger charge is 2.17. The maximum atomic E-state index is 12.3. The molecule has 24 heavy (non-hydrogen) atoms. The van der Waals surface area contributed by atoms with Gasteiger partial charge in [0.05, 0.1) is 12.5 Å².